The highest BCUT2D eigenvalue weighted by atomic mass is 127. The Labute approximate surface area is 171 Å². The molecule has 7 heteroatoms. The lowest BCUT2D eigenvalue weighted by Gasteiger charge is -2.35. The molecule has 0 amide bonds. The number of rotatable bonds is 5. The fraction of sp³-hybridized carbons (Fsp3) is 0.444. The van der Waals surface area contributed by atoms with Crippen molar-refractivity contribution in [1.29, 1.82) is 0 Å². The first-order valence-electron chi connectivity index (χ1n) is 8.53. The fourth-order valence-corrected chi connectivity index (χ4v) is 3.54. The van der Waals surface area contributed by atoms with Crippen molar-refractivity contribution in [1.82, 2.24) is 9.88 Å². The number of aliphatic imine (C=N–C) groups is 1. The highest BCUT2D eigenvalue weighted by molar-refractivity contribution is 14.0. The molecule has 5 nitrogen and oxygen atoms in total. The number of thiazole rings is 1. The molecule has 0 saturated carbocycles. The molecule has 136 valence electrons. The number of hydrogen-bond acceptors (Lipinski definition) is 4. The molecule has 0 spiro atoms. The topological polar surface area (TPSA) is 57.8 Å². The Morgan fingerprint density at radius 3 is 2.44 bits per heavy atom. The van der Waals surface area contributed by atoms with Gasteiger partial charge in [0.2, 0.25) is 0 Å². The van der Waals surface area contributed by atoms with Crippen molar-refractivity contribution < 1.29 is 0 Å². The second-order valence-electron chi connectivity index (χ2n) is 5.95. The van der Waals surface area contributed by atoms with Crippen LogP contribution in [-0.4, -0.2) is 48.6 Å². The zero-order chi connectivity index (χ0) is 16.8. The van der Waals surface area contributed by atoms with Crippen LogP contribution in [0.25, 0.3) is 0 Å². The lowest BCUT2D eigenvalue weighted by atomic mass is 10.1. The molecule has 0 aliphatic carbocycles. The Balaban J connectivity index is 0.00000225. The number of aryl methyl sites for hydroxylation is 1. The lowest BCUT2D eigenvalue weighted by molar-refractivity contribution is 0.380. The summed E-state index contributed by atoms with van der Waals surface area (Å²) in [6.45, 7) is 6.61. The minimum atomic E-state index is 0. The number of nitrogens with two attached hydrogens (primary N) is 1. The van der Waals surface area contributed by atoms with E-state index in [9.17, 15) is 0 Å². The van der Waals surface area contributed by atoms with Gasteiger partial charge in [-0.1, -0.05) is 31.2 Å². The third-order valence-corrected chi connectivity index (χ3v) is 5.23. The van der Waals surface area contributed by atoms with E-state index < -0.39 is 0 Å². The number of benzene rings is 1. The molecule has 1 fully saturated rings. The summed E-state index contributed by atoms with van der Waals surface area (Å²) in [5.41, 5.74) is 8.86. The van der Waals surface area contributed by atoms with Crippen molar-refractivity contribution in [2.24, 2.45) is 10.7 Å². The Kier molecular flexibility index (Phi) is 7.95. The summed E-state index contributed by atoms with van der Waals surface area (Å²) in [7, 11) is 0. The molecular formula is C18H26IN5S. The number of piperazine rings is 1. The molecular weight excluding hydrogens is 445 g/mol. The van der Waals surface area contributed by atoms with E-state index in [2.05, 4.69) is 51.0 Å². The van der Waals surface area contributed by atoms with E-state index >= 15 is 0 Å². The number of aromatic nitrogens is 1. The van der Waals surface area contributed by atoms with Crippen LogP contribution >= 0.6 is 35.3 Å². The number of hydrogen-bond donors (Lipinski definition) is 1. The molecule has 1 aliphatic rings. The summed E-state index contributed by atoms with van der Waals surface area (Å²) in [6.07, 6.45) is 3.87. The Morgan fingerprint density at radius 2 is 1.84 bits per heavy atom. The van der Waals surface area contributed by atoms with Crippen LogP contribution in [0, 0.1) is 0 Å². The molecule has 1 aliphatic heterocycles. The molecule has 0 bridgehead atoms. The average molecular weight is 471 g/mol. The van der Waals surface area contributed by atoms with Crippen LogP contribution in [-0.2, 0) is 12.8 Å². The molecule has 2 aromatic rings. The van der Waals surface area contributed by atoms with Gasteiger partial charge in [-0.2, -0.15) is 0 Å². The van der Waals surface area contributed by atoms with Crippen molar-refractivity contribution in [2.75, 3.05) is 37.6 Å². The maximum absolute atomic E-state index is 6.17. The van der Waals surface area contributed by atoms with Gasteiger partial charge in [0, 0.05) is 44.3 Å². The zero-order valence-corrected chi connectivity index (χ0v) is 17.7. The van der Waals surface area contributed by atoms with Gasteiger partial charge in [0.15, 0.2) is 11.1 Å². The van der Waals surface area contributed by atoms with E-state index in [1.54, 1.807) is 11.3 Å². The molecule has 1 saturated heterocycles. The molecule has 0 atom stereocenters. The Bertz CT molecular complexity index is 649. The molecule has 0 unspecified atom stereocenters. The van der Waals surface area contributed by atoms with Crippen molar-refractivity contribution in [3.8, 4) is 0 Å². The number of anilines is 1. The minimum Gasteiger partial charge on any atom is -0.370 e. The third-order valence-electron chi connectivity index (χ3n) is 4.40. The summed E-state index contributed by atoms with van der Waals surface area (Å²) in [6, 6.07) is 8.77. The summed E-state index contributed by atoms with van der Waals surface area (Å²) >= 11 is 1.69. The van der Waals surface area contributed by atoms with Gasteiger partial charge < -0.3 is 15.5 Å². The molecule has 25 heavy (non-hydrogen) atoms. The summed E-state index contributed by atoms with van der Waals surface area (Å²) in [5.74, 6) is 0.666. The average Bonchev–Trinajstić information content (AvgIpc) is 3.17. The monoisotopic (exact) mass is 471 g/mol. The highest BCUT2D eigenvalue weighted by Gasteiger charge is 2.19. The predicted octanol–water partition coefficient (Wildman–Crippen LogP) is 3.00. The molecule has 3 rings (SSSR count). The maximum atomic E-state index is 6.17. The van der Waals surface area contributed by atoms with Crippen molar-refractivity contribution in [3.05, 3.63) is 47.0 Å². The third kappa shape index (κ3) is 5.57. The largest absolute Gasteiger partial charge is 0.370 e. The van der Waals surface area contributed by atoms with Crippen LogP contribution in [0.4, 0.5) is 5.13 Å². The lowest BCUT2D eigenvalue weighted by Crippen LogP contribution is -2.51. The SMILES string of the molecule is CCc1ccc(CCN=C(N)N2CCN(c3nccs3)CC2)cc1.I. The molecule has 2 heterocycles. The second-order valence-corrected chi connectivity index (χ2v) is 6.82. The van der Waals surface area contributed by atoms with Crippen LogP contribution < -0.4 is 10.6 Å². The molecule has 2 N–H and O–H groups in total. The molecule has 0 radical (unpaired) electrons. The van der Waals surface area contributed by atoms with Gasteiger partial charge in [-0.25, -0.2) is 4.98 Å². The van der Waals surface area contributed by atoms with Gasteiger partial charge in [-0.05, 0) is 24.0 Å². The van der Waals surface area contributed by atoms with Crippen molar-refractivity contribution >= 4 is 46.4 Å². The van der Waals surface area contributed by atoms with Crippen LogP contribution in [0.3, 0.4) is 0 Å². The van der Waals surface area contributed by atoms with E-state index in [-0.39, 0.29) is 24.0 Å². The number of nitrogens with zero attached hydrogens (tertiary/aromatic N) is 4. The number of halogens is 1. The maximum Gasteiger partial charge on any atom is 0.191 e. The van der Waals surface area contributed by atoms with E-state index in [1.165, 1.54) is 11.1 Å². The van der Waals surface area contributed by atoms with E-state index in [0.29, 0.717) is 5.96 Å². The molecule has 1 aromatic heterocycles. The van der Waals surface area contributed by atoms with E-state index in [4.69, 9.17) is 5.73 Å². The standard InChI is InChI=1S/C18H25N5S.HI/c1-2-15-3-5-16(6-4-15)7-8-20-17(19)22-10-12-23(13-11-22)18-21-9-14-24-18;/h3-6,9,14H,2,7-8,10-13H2,1H3,(H2,19,20);1H. The van der Waals surface area contributed by atoms with E-state index in [0.717, 1.165) is 50.7 Å². The van der Waals surface area contributed by atoms with Crippen molar-refractivity contribution in [2.45, 2.75) is 19.8 Å². The number of guanidine groups is 1. The highest BCUT2D eigenvalue weighted by Crippen LogP contribution is 2.18. The van der Waals surface area contributed by atoms with Gasteiger partial charge in [0.25, 0.3) is 0 Å². The second kappa shape index (κ2) is 9.96. The van der Waals surface area contributed by atoms with Gasteiger partial charge in [-0.15, -0.1) is 35.3 Å². The summed E-state index contributed by atoms with van der Waals surface area (Å²) in [5, 5.41) is 3.12. The zero-order valence-electron chi connectivity index (χ0n) is 14.6. The summed E-state index contributed by atoms with van der Waals surface area (Å²) in [4.78, 5) is 13.4. The minimum absolute atomic E-state index is 0. The smallest absolute Gasteiger partial charge is 0.191 e. The van der Waals surface area contributed by atoms with Gasteiger partial charge >= 0.3 is 0 Å². The van der Waals surface area contributed by atoms with E-state index in [1.807, 2.05) is 11.6 Å². The van der Waals surface area contributed by atoms with Crippen LogP contribution in [0.5, 0.6) is 0 Å². The first-order chi connectivity index (χ1) is 11.8. The van der Waals surface area contributed by atoms with Crippen LogP contribution in [0.2, 0.25) is 0 Å². The van der Waals surface area contributed by atoms with Crippen molar-refractivity contribution in [3.63, 3.8) is 0 Å². The Hall–Kier alpha value is -1.35. The first kappa shape index (κ1) is 20.0. The quantitative estimate of drug-likeness (QED) is 0.414. The fourth-order valence-electron chi connectivity index (χ4n) is 2.84. The molecule has 1 aromatic carbocycles. The Morgan fingerprint density at radius 1 is 1.16 bits per heavy atom. The summed E-state index contributed by atoms with van der Waals surface area (Å²) < 4.78 is 0. The first-order valence-corrected chi connectivity index (χ1v) is 9.41. The van der Waals surface area contributed by atoms with Gasteiger partial charge in [0.1, 0.15) is 0 Å². The van der Waals surface area contributed by atoms with Gasteiger partial charge in [0.05, 0.1) is 0 Å². The van der Waals surface area contributed by atoms with Crippen LogP contribution in [0.1, 0.15) is 18.1 Å². The normalized spacial score (nSPS) is 15.2. The predicted molar refractivity (Wildman–Crippen MR) is 117 cm³/mol. The van der Waals surface area contributed by atoms with Crippen LogP contribution in [0.15, 0.2) is 40.8 Å². The van der Waals surface area contributed by atoms with Gasteiger partial charge in [-0.3, -0.25) is 4.99 Å².